The topological polar surface area (TPSA) is 12.9 Å². The second-order valence-corrected chi connectivity index (χ2v) is 3.08. The molecule has 0 atom stereocenters. The van der Waals surface area contributed by atoms with Gasteiger partial charge < -0.3 is 0 Å². The molecule has 1 nitrogen and oxygen atoms in total. The minimum absolute atomic E-state index is 0.0446. The molecule has 0 spiro atoms. The number of rotatable bonds is 1. The van der Waals surface area contributed by atoms with Crippen molar-refractivity contribution in [3.05, 3.63) is 29.6 Å². The molecule has 0 N–H and O–H groups in total. The fourth-order valence-corrected chi connectivity index (χ4v) is 0.874. The van der Waals surface area contributed by atoms with E-state index in [0.717, 1.165) is 6.07 Å². The van der Waals surface area contributed by atoms with E-state index in [1.807, 2.05) is 20.0 Å². The van der Waals surface area contributed by atoms with Gasteiger partial charge in [-0.1, -0.05) is 13.8 Å². The molecule has 0 saturated carbocycles. The van der Waals surface area contributed by atoms with Gasteiger partial charge in [0.25, 0.3) is 0 Å². The maximum atomic E-state index is 12.2. The highest BCUT2D eigenvalue weighted by atomic mass is 19.4. The molecule has 1 radical (unpaired) electrons. The van der Waals surface area contributed by atoms with Gasteiger partial charge in [-0.25, -0.2) is 0 Å². The molecule has 0 saturated heterocycles. The third-order valence-corrected chi connectivity index (χ3v) is 1.68. The number of alkyl halides is 3. The van der Waals surface area contributed by atoms with Crippen LogP contribution in [0.2, 0.25) is 0 Å². The highest BCUT2D eigenvalue weighted by molar-refractivity contribution is 5.21. The monoisotopic (exact) mass is 188 g/mol. The van der Waals surface area contributed by atoms with Crippen LogP contribution in [0.4, 0.5) is 13.2 Å². The molecule has 0 aliphatic heterocycles. The molecular formula is C9H9F3N. The van der Waals surface area contributed by atoms with Crippen LogP contribution in [0.5, 0.6) is 0 Å². The van der Waals surface area contributed by atoms with Crippen molar-refractivity contribution >= 4 is 0 Å². The Labute approximate surface area is 74.6 Å². The molecule has 0 fully saturated rings. The largest absolute Gasteiger partial charge is 0.418 e. The first-order chi connectivity index (χ1) is 5.91. The van der Waals surface area contributed by atoms with E-state index in [-0.39, 0.29) is 5.92 Å². The summed E-state index contributed by atoms with van der Waals surface area (Å²) in [5.74, 6) is 0.0446. The lowest BCUT2D eigenvalue weighted by atomic mass is 10.0. The minimum atomic E-state index is -4.35. The Bertz CT molecular complexity index is 291. The van der Waals surface area contributed by atoms with E-state index in [0.29, 0.717) is 5.56 Å². The van der Waals surface area contributed by atoms with Gasteiger partial charge in [-0.2, -0.15) is 13.2 Å². The molecule has 1 heterocycles. The summed E-state index contributed by atoms with van der Waals surface area (Å²) in [6, 6.07) is 1.08. The molecule has 0 amide bonds. The Balaban J connectivity index is 3.06. The molecule has 1 aromatic rings. The number of halogens is 3. The fraction of sp³-hybridized carbons (Fsp3) is 0.444. The first kappa shape index (κ1) is 10.0. The predicted octanol–water partition coefficient (Wildman–Crippen LogP) is 3.02. The maximum Gasteiger partial charge on any atom is 0.418 e. The van der Waals surface area contributed by atoms with Crippen LogP contribution in [0.25, 0.3) is 0 Å². The highest BCUT2D eigenvalue weighted by Gasteiger charge is 2.31. The van der Waals surface area contributed by atoms with Crippen LogP contribution in [0, 0.1) is 6.20 Å². The summed E-state index contributed by atoms with van der Waals surface area (Å²) in [6.45, 7) is 3.63. The molecule has 0 aromatic carbocycles. The smallest absolute Gasteiger partial charge is 0.254 e. The quantitative estimate of drug-likeness (QED) is 0.660. The van der Waals surface area contributed by atoms with Crippen LogP contribution in [-0.2, 0) is 6.18 Å². The Hall–Kier alpha value is -1.06. The van der Waals surface area contributed by atoms with Crippen molar-refractivity contribution < 1.29 is 13.2 Å². The molecule has 0 unspecified atom stereocenters. The van der Waals surface area contributed by atoms with Crippen molar-refractivity contribution in [2.24, 2.45) is 0 Å². The summed E-state index contributed by atoms with van der Waals surface area (Å²) in [5.41, 5.74) is -0.232. The van der Waals surface area contributed by atoms with Gasteiger partial charge in [0.05, 0.1) is 5.56 Å². The first-order valence-electron chi connectivity index (χ1n) is 3.86. The Morgan fingerprint density at radius 2 is 2.00 bits per heavy atom. The van der Waals surface area contributed by atoms with E-state index in [9.17, 15) is 13.2 Å². The second-order valence-electron chi connectivity index (χ2n) is 3.08. The highest BCUT2D eigenvalue weighted by Crippen LogP contribution is 2.29. The molecular weight excluding hydrogens is 179 g/mol. The zero-order valence-corrected chi connectivity index (χ0v) is 7.31. The van der Waals surface area contributed by atoms with E-state index in [1.165, 1.54) is 6.20 Å². The van der Waals surface area contributed by atoms with Crippen molar-refractivity contribution in [2.75, 3.05) is 0 Å². The molecule has 71 valence electrons. The van der Waals surface area contributed by atoms with Crippen LogP contribution < -0.4 is 0 Å². The molecule has 0 aliphatic carbocycles. The normalized spacial score (nSPS) is 12.2. The van der Waals surface area contributed by atoms with Crippen molar-refractivity contribution in [1.29, 1.82) is 0 Å². The van der Waals surface area contributed by atoms with Gasteiger partial charge in [0.2, 0.25) is 0 Å². The lowest BCUT2D eigenvalue weighted by Crippen LogP contribution is -2.06. The Morgan fingerprint density at radius 1 is 1.38 bits per heavy atom. The van der Waals surface area contributed by atoms with E-state index in [2.05, 4.69) is 4.98 Å². The van der Waals surface area contributed by atoms with Crippen molar-refractivity contribution in [3.8, 4) is 0 Å². The van der Waals surface area contributed by atoms with Gasteiger partial charge >= 0.3 is 6.18 Å². The summed E-state index contributed by atoms with van der Waals surface area (Å²) in [4.78, 5) is 3.43. The van der Waals surface area contributed by atoms with E-state index < -0.39 is 11.7 Å². The van der Waals surface area contributed by atoms with Crippen LogP contribution in [0.1, 0.15) is 30.9 Å². The molecule has 13 heavy (non-hydrogen) atoms. The standard InChI is InChI=1S/C9H9F3N/c1-6(2)7-3-8(5-13-4-7)9(10,11)12/h3-4,6H,1-2H3. The third kappa shape index (κ3) is 2.44. The van der Waals surface area contributed by atoms with Crippen molar-refractivity contribution in [1.82, 2.24) is 4.98 Å². The van der Waals surface area contributed by atoms with Crippen LogP contribution >= 0.6 is 0 Å². The number of nitrogens with zero attached hydrogens (tertiary/aromatic N) is 1. The predicted molar refractivity (Wildman–Crippen MR) is 42.2 cm³/mol. The van der Waals surface area contributed by atoms with Crippen LogP contribution in [0.15, 0.2) is 12.3 Å². The van der Waals surface area contributed by atoms with Gasteiger partial charge in [-0.05, 0) is 17.5 Å². The average molecular weight is 188 g/mol. The summed E-state index contributed by atoms with van der Waals surface area (Å²) in [5, 5.41) is 0. The number of hydrogen-bond donors (Lipinski definition) is 0. The lowest BCUT2D eigenvalue weighted by molar-refractivity contribution is -0.138. The lowest BCUT2D eigenvalue weighted by Gasteiger charge is -2.08. The molecule has 4 heteroatoms. The van der Waals surface area contributed by atoms with Gasteiger partial charge in [0.15, 0.2) is 0 Å². The van der Waals surface area contributed by atoms with Gasteiger partial charge in [0, 0.05) is 6.20 Å². The Morgan fingerprint density at radius 3 is 2.46 bits per heavy atom. The van der Waals surface area contributed by atoms with Crippen molar-refractivity contribution in [2.45, 2.75) is 25.9 Å². The molecule has 1 rings (SSSR count). The molecule has 0 aliphatic rings. The Kier molecular flexibility index (Phi) is 2.59. The zero-order valence-electron chi connectivity index (χ0n) is 7.31. The maximum absolute atomic E-state index is 12.2. The fourth-order valence-electron chi connectivity index (χ4n) is 0.874. The van der Waals surface area contributed by atoms with Gasteiger partial charge in [-0.15, -0.1) is 0 Å². The number of aromatic nitrogens is 1. The minimum Gasteiger partial charge on any atom is -0.254 e. The summed E-state index contributed by atoms with van der Waals surface area (Å²) < 4.78 is 36.5. The number of hydrogen-bond acceptors (Lipinski definition) is 1. The van der Waals surface area contributed by atoms with E-state index >= 15 is 0 Å². The van der Waals surface area contributed by atoms with Crippen LogP contribution in [0.3, 0.4) is 0 Å². The summed E-state index contributed by atoms with van der Waals surface area (Å²) in [7, 11) is 0. The summed E-state index contributed by atoms with van der Waals surface area (Å²) in [6.07, 6.45) is -1.02. The van der Waals surface area contributed by atoms with Gasteiger partial charge in [-0.3, -0.25) is 4.98 Å². The summed E-state index contributed by atoms with van der Waals surface area (Å²) >= 11 is 0. The number of pyridine rings is 1. The van der Waals surface area contributed by atoms with E-state index in [1.54, 1.807) is 0 Å². The molecule has 0 bridgehead atoms. The van der Waals surface area contributed by atoms with Crippen LogP contribution in [-0.4, -0.2) is 4.98 Å². The van der Waals surface area contributed by atoms with Gasteiger partial charge in [0.1, 0.15) is 6.20 Å². The second kappa shape index (κ2) is 3.36. The van der Waals surface area contributed by atoms with E-state index in [4.69, 9.17) is 0 Å². The first-order valence-corrected chi connectivity index (χ1v) is 3.86. The third-order valence-electron chi connectivity index (χ3n) is 1.68. The zero-order chi connectivity index (χ0) is 10.1. The molecule has 1 aromatic heterocycles. The van der Waals surface area contributed by atoms with Crippen molar-refractivity contribution in [3.63, 3.8) is 0 Å². The average Bonchev–Trinajstić information content (AvgIpc) is 2.03. The SMILES string of the molecule is CC(C)c1cn[c]c(C(F)(F)F)c1.